The first-order chi connectivity index (χ1) is 8.56. The van der Waals surface area contributed by atoms with Crippen molar-refractivity contribution in [3.05, 3.63) is 52.2 Å². The largest absolute Gasteiger partial charge is 0.475 e. The Morgan fingerprint density at radius 3 is 2.78 bits per heavy atom. The molecule has 1 aromatic heterocycles. The van der Waals surface area contributed by atoms with Crippen molar-refractivity contribution in [2.24, 2.45) is 0 Å². The first-order valence-electron chi connectivity index (χ1n) is 5.27. The third-order valence-corrected chi connectivity index (χ3v) is 3.68. The number of rotatable bonds is 4. The first kappa shape index (κ1) is 13.1. The monoisotopic (exact) mass is 282 g/mol. The van der Waals surface area contributed by atoms with Crippen LogP contribution in [0.2, 0.25) is 5.02 Å². The number of aromatic carboxylic acids is 1. The standard InChI is InChI=1S/C13H11ClO3S/c1-8-2-3-9(10(14)6-8)7-18-12-5-4-11(17-12)13(15)16/h2-6H,7H2,1H3,(H,15,16). The highest BCUT2D eigenvalue weighted by atomic mass is 35.5. The van der Waals surface area contributed by atoms with Crippen molar-refractivity contribution in [2.75, 3.05) is 0 Å². The van der Waals surface area contributed by atoms with Gasteiger partial charge in [-0.1, -0.05) is 35.5 Å². The van der Waals surface area contributed by atoms with Gasteiger partial charge in [0.2, 0.25) is 5.76 Å². The van der Waals surface area contributed by atoms with Gasteiger partial charge in [-0.15, -0.1) is 0 Å². The van der Waals surface area contributed by atoms with Crippen LogP contribution in [0, 0.1) is 6.92 Å². The van der Waals surface area contributed by atoms with E-state index >= 15 is 0 Å². The van der Waals surface area contributed by atoms with Crippen LogP contribution in [0.3, 0.4) is 0 Å². The Hall–Kier alpha value is -1.39. The van der Waals surface area contributed by atoms with E-state index in [4.69, 9.17) is 21.1 Å². The fraction of sp³-hybridized carbons (Fsp3) is 0.154. The van der Waals surface area contributed by atoms with Crippen molar-refractivity contribution in [1.82, 2.24) is 0 Å². The molecule has 5 heteroatoms. The van der Waals surface area contributed by atoms with Crippen LogP contribution in [-0.2, 0) is 5.75 Å². The van der Waals surface area contributed by atoms with E-state index in [-0.39, 0.29) is 5.76 Å². The lowest BCUT2D eigenvalue weighted by Gasteiger charge is -2.03. The Bertz CT molecular complexity index is 577. The van der Waals surface area contributed by atoms with Crippen molar-refractivity contribution in [1.29, 1.82) is 0 Å². The van der Waals surface area contributed by atoms with E-state index in [0.717, 1.165) is 11.1 Å². The molecule has 18 heavy (non-hydrogen) atoms. The van der Waals surface area contributed by atoms with Crippen molar-refractivity contribution in [2.45, 2.75) is 17.8 Å². The second kappa shape index (κ2) is 5.50. The lowest BCUT2D eigenvalue weighted by atomic mass is 10.2. The molecule has 0 atom stereocenters. The minimum Gasteiger partial charge on any atom is -0.475 e. The molecular weight excluding hydrogens is 272 g/mol. The molecule has 1 aromatic carbocycles. The molecule has 0 radical (unpaired) electrons. The summed E-state index contributed by atoms with van der Waals surface area (Å²) in [5, 5.41) is 10.0. The van der Waals surface area contributed by atoms with Crippen molar-refractivity contribution >= 4 is 29.3 Å². The predicted molar refractivity (Wildman–Crippen MR) is 71.4 cm³/mol. The van der Waals surface area contributed by atoms with Crippen LogP contribution < -0.4 is 0 Å². The molecule has 0 amide bonds. The van der Waals surface area contributed by atoms with E-state index in [9.17, 15) is 4.79 Å². The van der Waals surface area contributed by atoms with Gasteiger partial charge in [0, 0.05) is 10.8 Å². The summed E-state index contributed by atoms with van der Waals surface area (Å²) < 4.78 is 5.15. The molecule has 1 heterocycles. The molecule has 0 aliphatic heterocycles. The van der Waals surface area contributed by atoms with Gasteiger partial charge in [-0.2, -0.15) is 0 Å². The molecule has 0 saturated heterocycles. The first-order valence-corrected chi connectivity index (χ1v) is 6.63. The van der Waals surface area contributed by atoms with Crippen molar-refractivity contribution < 1.29 is 14.3 Å². The third kappa shape index (κ3) is 3.09. The van der Waals surface area contributed by atoms with E-state index in [1.807, 2.05) is 25.1 Å². The minimum absolute atomic E-state index is 0.0486. The summed E-state index contributed by atoms with van der Waals surface area (Å²) in [7, 11) is 0. The van der Waals surface area contributed by atoms with Crippen LogP contribution >= 0.6 is 23.4 Å². The Labute approximate surface area is 114 Å². The van der Waals surface area contributed by atoms with Crippen LogP contribution in [0.1, 0.15) is 21.7 Å². The summed E-state index contributed by atoms with van der Waals surface area (Å²) in [6, 6.07) is 8.96. The van der Waals surface area contributed by atoms with Gasteiger partial charge in [0.05, 0.1) is 0 Å². The summed E-state index contributed by atoms with van der Waals surface area (Å²) in [4.78, 5) is 10.7. The molecule has 0 aliphatic carbocycles. The van der Waals surface area contributed by atoms with E-state index < -0.39 is 5.97 Å². The Morgan fingerprint density at radius 2 is 2.17 bits per heavy atom. The summed E-state index contributed by atoms with van der Waals surface area (Å²) in [6.45, 7) is 1.98. The second-order valence-corrected chi connectivity index (χ2v) is 5.19. The summed E-state index contributed by atoms with van der Waals surface area (Å²) in [6.07, 6.45) is 0. The van der Waals surface area contributed by atoms with Crippen molar-refractivity contribution in [3.8, 4) is 0 Å². The average molecular weight is 283 g/mol. The number of benzene rings is 1. The number of carboxylic acid groups (broad SMARTS) is 1. The van der Waals surface area contributed by atoms with Crippen LogP contribution in [0.15, 0.2) is 39.8 Å². The van der Waals surface area contributed by atoms with Crippen molar-refractivity contribution in [3.63, 3.8) is 0 Å². The normalized spacial score (nSPS) is 10.6. The van der Waals surface area contributed by atoms with Crippen LogP contribution in [0.5, 0.6) is 0 Å². The minimum atomic E-state index is -1.06. The van der Waals surface area contributed by atoms with E-state index in [2.05, 4.69) is 0 Å². The number of halogens is 1. The van der Waals surface area contributed by atoms with Gasteiger partial charge < -0.3 is 9.52 Å². The number of carboxylic acids is 1. The molecule has 2 aromatic rings. The number of hydrogen-bond acceptors (Lipinski definition) is 3. The summed E-state index contributed by atoms with van der Waals surface area (Å²) in [5.74, 6) is -0.464. The number of aryl methyl sites for hydroxylation is 1. The van der Waals surface area contributed by atoms with Gasteiger partial charge in [-0.25, -0.2) is 4.79 Å². The highest BCUT2D eigenvalue weighted by Gasteiger charge is 2.10. The zero-order chi connectivity index (χ0) is 13.1. The third-order valence-electron chi connectivity index (χ3n) is 2.37. The molecule has 0 unspecified atom stereocenters. The second-order valence-electron chi connectivity index (χ2n) is 3.81. The van der Waals surface area contributed by atoms with E-state index in [1.165, 1.54) is 17.8 Å². The zero-order valence-corrected chi connectivity index (χ0v) is 11.2. The number of furan rings is 1. The topological polar surface area (TPSA) is 50.4 Å². The quantitative estimate of drug-likeness (QED) is 0.853. The maximum absolute atomic E-state index is 10.7. The summed E-state index contributed by atoms with van der Waals surface area (Å²) in [5.41, 5.74) is 2.11. The molecule has 0 fully saturated rings. The Kier molecular flexibility index (Phi) is 3.99. The van der Waals surface area contributed by atoms with Crippen LogP contribution in [0.25, 0.3) is 0 Å². The van der Waals surface area contributed by atoms with E-state index in [0.29, 0.717) is 15.9 Å². The Morgan fingerprint density at radius 1 is 1.39 bits per heavy atom. The fourth-order valence-electron chi connectivity index (χ4n) is 1.43. The molecular formula is C13H11ClO3S. The van der Waals surface area contributed by atoms with Gasteiger partial charge in [-0.05, 0) is 36.2 Å². The Balaban J connectivity index is 2.04. The molecule has 94 valence electrons. The maximum atomic E-state index is 10.7. The van der Waals surface area contributed by atoms with Gasteiger partial charge in [0.25, 0.3) is 0 Å². The van der Waals surface area contributed by atoms with E-state index in [1.54, 1.807) is 6.07 Å². The molecule has 0 aliphatic rings. The molecule has 1 N–H and O–H groups in total. The molecule has 0 saturated carbocycles. The molecule has 3 nitrogen and oxygen atoms in total. The molecule has 0 spiro atoms. The average Bonchev–Trinajstić information content (AvgIpc) is 2.76. The van der Waals surface area contributed by atoms with Gasteiger partial charge in [-0.3, -0.25) is 0 Å². The van der Waals surface area contributed by atoms with Gasteiger partial charge in [0.1, 0.15) is 0 Å². The SMILES string of the molecule is Cc1ccc(CSc2ccc(C(=O)O)o2)c(Cl)c1. The molecule has 0 bridgehead atoms. The molecule has 2 rings (SSSR count). The maximum Gasteiger partial charge on any atom is 0.371 e. The van der Waals surface area contributed by atoms with Gasteiger partial charge in [0.15, 0.2) is 5.09 Å². The lowest BCUT2D eigenvalue weighted by molar-refractivity contribution is 0.0656. The van der Waals surface area contributed by atoms with Gasteiger partial charge >= 0.3 is 5.97 Å². The highest BCUT2D eigenvalue weighted by Crippen LogP contribution is 2.28. The fourth-order valence-corrected chi connectivity index (χ4v) is 2.67. The lowest BCUT2D eigenvalue weighted by Crippen LogP contribution is -1.91. The highest BCUT2D eigenvalue weighted by molar-refractivity contribution is 7.98. The number of thioether (sulfide) groups is 1. The number of hydrogen-bond donors (Lipinski definition) is 1. The zero-order valence-electron chi connectivity index (χ0n) is 9.64. The smallest absolute Gasteiger partial charge is 0.371 e. The predicted octanol–water partition coefficient (Wildman–Crippen LogP) is 4.23. The summed E-state index contributed by atoms with van der Waals surface area (Å²) >= 11 is 7.53. The number of carbonyl (C=O) groups is 1. The van der Waals surface area contributed by atoms with Crippen LogP contribution in [0.4, 0.5) is 0 Å². The van der Waals surface area contributed by atoms with Crippen LogP contribution in [-0.4, -0.2) is 11.1 Å².